The van der Waals surface area contributed by atoms with E-state index in [1.165, 1.54) is 0 Å². The van der Waals surface area contributed by atoms with Crippen LogP contribution in [0.2, 0.25) is 0 Å². The van der Waals surface area contributed by atoms with Gasteiger partial charge in [0.05, 0.1) is 22.8 Å². The van der Waals surface area contributed by atoms with Crippen molar-refractivity contribution in [1.82, 2.24) is 10.3 Å². The first-order chi connectivity index (χ1) is 13.2. The number of carbonyl (C=O) groups is 2. The van der Waals surface area contributed by atoms with Gasteiger partial charge in [-0.1, -0.05) is 49.7 Å². The van der Waals surface area contributed by atoms with Gasteiger partial charge in [0.15, 0.2) is 0 Å². The highest BCUT2D eigenvalue weighted by Gasteiger charge is 2.16. The summed E-state index contributed by atoms with van der Waals surface area (Å²) in [5.41, 5.74) is 2.08. The molecule has 1 heterocycles. The molecule has 0 aliphatic carbocycles. The third-order valence-corrected chi connectivity index (χ3v) is 4.24. The number of fused-ring (bicyclic) bond motifs is 1. The van der Waals surface area contributed by atoms with Crippen molar-refractivity contribution in [3.63, 3.8) is 0 Å². The molecule has 138 valence electrons. The molecule has 1 amide bonds. The number of hydrogen-bond donors (Lipinski definition) is 1. The van der Waals surface area contributed by atoms with E-state index >= 15 is 0 Å². The fourth-order valence-corrected chi connectivity index (χ4v) is 2.85. The summed E-state index contributed by atoms with van der Waals surface area (Å²) < 4.78 is 5.86. The molecule has 0 spiro atoms. The lowest BCUT2D eigenvalue weighted by Gasteiger charge is -2.14. The van der Waals surface area contributed by atoms with Gasteiger partial charge < -0.3 is 14.8 Å². The maximum atomic E-state index is 12.5. The van der Waals surface area contributed by atoms with Crippen LogP contribution >= 0.6 is 0 Å². The van der Waals surface area contributed by atoms with Crippen molar-refractivity contribution in [2.45, 2.75) is 32.4 Å². The number of nitrogens with one attached hydrogen (secondary N) is 1. The highest BCUT2D eigenvalue weighted by atomic mass is 16.5. The standard InChI is InChI=1S/C22H22N2O3/c1-2-7-17(14-25)24-22(26)19-9-4-6-11-21(19)27-15-18-13-12-16-8-3-5-10-20(16)23-18/h3-6,8-14,17H,2,7,15H2,1H3,(H,24,26). The average Bonchev–Trinajstić information content (AvgIpc) is 2.71. The molecular formula is C22H22N2O3. The number of nitrogens with zero attached hydrogens (tertiary/aromatic N) is 1. The van der Waals surface area contributed by atoms with E-state index in [0.29, 0.717) is 17.7 Å². The number of hydrogen-bond acceptors (Lipinski definition) is 4. The van der Waals surface area contributed by atoms with Gasteiger partial charge in [0.2, 0.25) is 0 Å². The Kier molecular flexibility index (Phi) is 6.15. The number of para-hydroxylation sites is 2. The summed E-state index contributed by atoms with van der Waals surface area (Å²) in [6.45, 7) is 2.22. The van der Waals surface area contributed by atoms with Gasteiger partial charge in [-0.15, -0.1) is 0 Å². The number of ether oxygens (including phenoxy) is 1. The van der Waals surface area contributed by atoms with E-state index in [2.05, 4.69) is 10.3 Å². The van der Waals surface area contributed by atoms with Crippen molar-refractivity contribution in [2.75, 3.05) is 0 Å². The van der Waals surface area contributed by atoms with Crippen molar-refractivity contribution in [3.05, 3.63) is 71.9 Å². The lowest BCUT2D eigenvalue weighted by Crippen LogP contribution is -2.36. The van der Waals surface area contributed by atoms with Crippen LogP contribution in [0.4, 0.5) is 0 Å². The molecule has 2 aromatic carbocycles. The maximum Gasteiger partial charge on any atom is 0.255 e. The zero-order valence-corrected chi connectivity index (χ0v) is 15.2. The van der Waals surface area contributed by atoms with Crippen molar-refractivity contribution < 1.29 is 14.3 Å². The van der Waals surface area contributed by atoms with Crippen molar-refractivity contribution in [3.8, 4) is 5.75 Å². The molecule has 0 bridgehead atoms. The molecular weight excluding hydrogens is 340 g/mol. The minimum absolute atomic E-state index is 0.251. The summed E-state index contributed by atoms with van der Waals surface area (Å²) >= 11 is 0. The Hall–Kier alpha value is -3.21. The summed E-state index contributed by atoms with van der Waals surface area (Å²) in [5, 5.41) is 3.81. The summed E-state index contributed by atoms with van der Waals surface area (Å²) in [6.07, 6.45) is 2.19. The zero-order chi connectivity index (χ0) is 19.1. The van der Waals surface area contributed by atoms with E-state index in [9.17, 15) is 9.59 Å². The summed E-state index contributed by atoms with van der Waals surface area (Å²) in [4.78, 5) is 28.2. The van der Waals surface area contributed by atoms with Crippen LogP contribution in [-0.2, 0) is 11.4 Å². The van der Waals surface area contributed by atoms with Gasteiger partial charge in [0.1, 0.15) is 18.6 Å². The van der Waals surface area contributed by atoms with E-state index in [4.69, 9.17) is 4.74 Å². The van der Waals surface area contributed by atoms with E-state index in [-0.39, 0.29) is 12.5 Å². The molecule has 27 heavy (non-hydrogen) atoms. The number of aldehydes is 1. The molecule has 1 N–H and O–H groups in total. The molecule has 3 rings (SSSR count). The van der Waals surface area contributed by atoms with Gasteiger partial charge in [0, 0.05) is 5.39 Å². The van der Waals surface area contributed by atoms with Crippen LogP contribution in [0.3, 0.4) is 0 Å². The lowest BCUT2D eigenvalue weighted by atomic mass is 10.1. The number of benzene rings is 2. The Bertz CT molecular complexity index is 939. The first kappa shape index (κ1) is 18.6. The van der Waals surface area contributed by atoms with Crippen LogP contribution in [-0.4, -0.2) is 23.2 Å². The minimum atomic E-state index is -0.488. The average molecular weight is 362 g/mol. The third-order valence-electron chi connectivity index (χ3n) is 4.24. The Morgan fingerprint density at radius 1 is 1.11 bits per heavy atom. The number of aromatic nitrogens is 1. The SMILES string of the molecule is CCCC(C=O)NC(=O)c1ccccc1OCc1ccc2ccccc2n1. The molecule has 0 aliphatic heterocycles. The van der Waals surface area contributed by atoms with Crippen LogP contribution < -0.4 is 10.1 Å². The summed E-state index contributed by atoms with van der Waals surface area (Å²) in [7, 11) is 0. The number of amides is 1. The molecule has 1 unspecified atom stereocenters. The normalized spacial score (nSPS) is 11.7. The van der Waals surface area contributed by atoms with Gasteiger partial charge in [-0.05, 0) is 30.7 Å². The topological polar surface area (TPSA) is 68.3 Å². The van der Waals surface area contributed by atoms with Gasteiger partial charge in [-0.3, -0.25) is 4.79 Å². The van der Waals surface area contributed by atoms with E-state index < -0.39 is 6.04 Å². The molecule has 0 saturated heterocycles. The van der Waals surface area contributed by atoms with Crippen LogP contribution in [0.25, 0.3) is 10.9 Å². The molecule has 1 aromatic heterocycles. The fourth-order valence-electron chi connectivity index (χ4n) is 2.85. The molecule has 3 aromatic rings. The number of carbonyl (C=O) groups excluding carboxylic acids is 2. The Morgan fingerprint density at radius 3 is 2.70 bits per heavy atom. The van der Waals surface area contributed by atoms with Crippen molar-refractivity contribution in [2.24, 2.45) is 0 Å². The lowest BCUT2D eigenvalue weighted by molar-refractivity contribution is -0.109. The van der Waals surface area contributed by atoms with Crippen LogP contribution in [0, 0.1) is 0 Å². The van der Waals surface area contributed by atoms with E-state index in [1.807, 2.05) is 49.4 Å². The molecule has 0 aliphatic rings. The van der Waals surface area contributed by atoms with Crippen molar-refractivity contribution in [1.29, 1.82) is 0 Å². The second-order valence-corrected chi connectivity index (χ2v) is 6.28. The molecule has 5 nitrogen and oxygen atoms in total. The quantitative estimate of drug-likeness (QED) is 0.617. The first-order valence-electron chi connectivity index (χ1n) is 9.04. The molecule has 0 fully saturated rings. The summed E-state index contributed by atoms with van der Waals surface area (Å²) in [5.74, 6) is 0.147. The second kappa shape index (κ2) is 8.94. The smallest absolute Gasteiger partial charge is 0.255 e. The number of rotatable bonds is 8. The van der Waals surface area contributed by atoms with Crippen LogP contribution in [0.1, 0.15) is 35.8 Å². The first-order valence-corrected chi connectivity index (χ1v) is 9.04. The largest absolute Gasteiger partial charge is 0.486 e. The van der Waals surface area contributed by atoms with Crippen molar-refractivity contribution >= 4 is 23.1 Å². The Balaban J connectivity index is 1.73. The Morgan fingerprint density at radius 2 is 1.89 bits per heavy atom. The highest BCUT2D eigenvalue weighted by Crippen LogP contribution is 2.20. The van der Waals surface area contributed by atoms with E-state index in [1.54, 1.807) is 18.2 Å². The second-order valence-electron chi connectivity index (χ2n) is 6.28. The maximum absolute atomic E-state index is 12.5. The highest BCUT2D eigenvalue weighted by molar-refractivity contribution is 5.98. The predicted molar refractivity (Wildman–Crippen MR) is 105 cm³/mol. The molecule has 5 heteroatoms. The van der Waals surface area contributed by atoms with Crippen LogP contribution in [0.5, 0.6) is 5.75 Å². The number of pyridine rings is 1. The summed E-state index contributed by atoms with van der Waals surface area (Å²) in [6, 6.07) is 18.3. The fraction of sp³-hybridized carbons (Fsp3) is 0.227. The van der Waals surface area contributed by atoms with Gasteiger partial charge in [-0.25, -0.2) is 4.98 Å². The van der Waals surface area contributed by atoms with Gasteiger partial charge in [-0.2, -0.15) is 0 Å². The van der Waals surface area contributed by atoms with E-state index in [0.717, 1.165) is 29.3 Å². The van der Waals surface area contributed by atoms with Crippen LogP contribution in [0.15, 0.2) is 60.7 Å². The Labute approximate surface area is 158 Å². The third kappa shape index (κ3) is 4.70. The molecule has 0 radical (unpaired) electrons. The van der Waals surface area contributed by atoms with Gasteiger partial charge >= 0.3 is 0 Å². The molecule has 1 atom stereocenters. The predicted octanol–water partition coefficient (Wildman–Crippen LogP) is 3.91. The van der Waals surface area contributed by atoms with Gasteiger partial charge in [0.25, 0.3) is 5.91 Å². The molecule has 0 saturated carbocycles. The minimum Gasteiger partial charge on any atom is -0.486 e. The zero-order valence-electron chi connectivity index (χ0n) is 15.2. The monoisotopic (exact) mass is 362 g/mol.